The Balaban J connectivity index is 1.42. The number of halogens is 1. The summed E-state index contributed by atoms with van der Waals surface area (Å²) in [5.74, 6) is -0.230. The van der Waals surface area contributed by atoms with Crippen LogP contribution in [-0.2, 0) is 16.4 Å². The van der Waals surface area contributed by atoms with E-state index in [-0.39, 0.29) is 5.82 Å². The van der Waals surface area contributed by atoms with Crippen molar-refractivity contribution in [1.82, 2.24) is 14.2 Å². The lowest BCUT2D eigenvalue weighted by molar-refractivity contribution is 0.190. The summed E-state index contributed by atoms with van der Waals surface area (Å²) in [6.07, 6.45) is 4.12. The lowest BCUT2D eigenvalue weighted by atomic mass is 10.1. The third-order valence-electron chi connectivity index (χ3n) is 5.22. The molecule has 3 aromatic rings. The maximum absolute atomic E-state index is 13.2. The quantitative estimate of drug-likeness (QED) is 0.662. The van der Waals surface area contributed by atoms with Crippen LogP contribution in [0.1, 0.15) is 5.56 Å². The standard InChI is InChI=1S/C21H22FN3O2S/c22-19-6-4-17(5-7-19)9-11-24-12-14-25(15-13-24)28(26,27)21-3-1-2-18-16-23-10-8-20(18)21/h1-8,10,16H,9,11-15H2. The van der Waals surface area contributed by atoms with Gasteiger partial charge >= 0.3 is 0 Å². The van der Waals surface area contributed by atoms with Crippen molar-refractivity contribution in [2.24, 2.45) is 0 Å². The molecule has 2 heterocycles. The Hall–Kier alpha value is -2.35. The van der Waals surface area contributed by atoms with Crippen molar-refractivity contribution in [3.05, 3.63) is 72.3 Å². The summed E-state index contributed by atoms with van der Waals surface area (Å²) in [5, 5.41) is 1.53. The Morgan fingerprint density at radius 2 is 1.71 bits per heavy atom. The van der Waals surface area contributed by atoms with Gasteiger partial charge in [0.2, 0.25) is 10.0 Å². The zero-order valence-corrected chi connectivity index (χ0v) is 16.3. The van der Waals surface area contributed by atoms with Gasteiger partial charge in [0.05, 0.1) is 4.90 Å². The second-order valence-electron chi connectivity index (χ2n) is 6.98. The minimum absolute atomic E-state index is 0.230. The van der Waals surface area contributed by atoms with Crippen molar-refractivity contribution in [2.75, 3.05) is 32.7 Å². The molecular weight excluding hydrogens is 377 g/mol. The van der Waals surface area contributed by atoms with Crippen LogP contribution in [0.4, 0.5) is 4.39 Å². The molecule has 0 unspecified atom stereocenters. The normalized spacial score (nSPS) is 16.5. The molecular formula is C21H22FN3O2S. The van der Waals surface area contributed by atoms with Crippen LogP contribution in [0.15, 0.2) is 65.8 Å². The van der Waals surface area contributed by atoms with E-state index < -0.39 is 10.0 Å². The van der Waals surface area contributed by atoms with E-state index in [1.807, 2.05) is 6.07 Å². The van der Waals surface area contributed by atoms with Crippen molar-refractivity contribution < 1.29 is 12.8 Å². The van der Waals surface area contributed by atoms with Gasteiger partial charge < -0.3 is 4.90 Å². The number of nitrogens with zero attached hydrogens (tertiary/aromatic N) is 3. The zero-order chi connectivity index (χ0) is 19.6. The molecule has 0 atom stereocenters. The van der Waals surface area contributed by atoms with Gasteiger partial charge in [-0.2, -0.15) is 4.31 Å². The molecule has 0 spiro atoms. The molecule has 1 aliphatic heterocycles. The molecule has 2 aromatic carbocycles. The van der Waals surface area contributed by atoms with Gasteiger partial charge in [-0.15, -0.1) is 0 Å². The summed E-state index contributed by atoms with van der Waals surface area (Å²) in [6, 6.07) is 13.6. The fourth-order valence-corrected chi connectivity index (χ4v) is 5.23. The van der Waals surface area contributed by atoms with E-state index >= 15 is 0 Å². The number of pyridine rings is 1. The Morgan fingerprint density at radius 3 is 2.46 bits per heavy atom. The van der Waals surface area contributed by atoms with E-state index in [1.165, 1.54) is 12.1 Å². The highest BCUT2D eigenvalue weighted by molar-refractivity contribution is 7.89. The van der Waals surface area contributed by atoms with Crippen molar-refractivity contribution in [1.29, 1.82) is 0 Å². The van der Waals surface area contributed by atoms with Gasteiger partial charge in [-0.25, -0.2) is 12.8 Å². The molecule has 5 nitrogen and oxygen atoms in total. The highest BCUT2D eigenvalue weighted by atomic mass is 32.2. The molecule has 1 aromatic heterocycles. The maximum atomic E-state index is 13.2. The molecule has 4 rings (SSSR count). The van der Waals surface area contributed by atoms with Gasteiger partial charge in [-0.3, -0.25) is 4.98 Å². The summed E-state index contributed by atoms with van der Waals surface area (Å²) < 4.78 is 40.9. The average molecular weight is 399 g/mol. The average Bonchev–Trinajstić information content (AvgIpc) is 2.73. The Kier molecular flexibility index (Phi) is 5.39. The molecule has 0 amide bonds. The van der Waals surface area contributed by atoms with Gasteiger partial charge in [-0.1, -0.05) is 24.3 Å². The first kappa shape index (κ1) is 19.0. The molecule has 1 fully saturated rings. The van der Waals surface area contributed by atoms with Crippen molar-refractivity contribution in [2.45, 2.75) is 11.3 Å². The van der Waals surface area contributed by atoms with Crippen LogP contribution in [0.3, 0.4) is 0 Å². The predicted molar refractivity (Wildman–Crippen MR) is 107 cm³/mol. The Labute approximate surface area is 164 Å². The third kappa shape index (κ3) is 3.92. The molecule has 146 valence electrons. The second kappa shape index (κ2) is 7.95. The molecule has 0 aliphatic carbocycles. The van der Waals surface area contributed by atoms with Crippen molar-refractivity contribution in [3.8, 4) is 0 Å². The minimum Gasteiger partial charge on any atom is -0.300 e. The molecule has 0 bridgehead atoms. The number of aromatic nitrogens is 1. The second-order valence-corrected chi connectivity index (χ2v) is 8.88. The number of sulfonamides is 1. The predicted octanol–water partition coefficient (Wildman–Crippen LogP) is 2.92. The molecule has 0 N–H and O–H groups in total. The van der Waals surface area contributed by atoms with Crippen LogP contribution in [0, 0.1) is 5.82 Å². The van der Waals surface area contributed by atoms with Crippen LogP contribution in [0.2, 0.25) is 0 Å². The number of piperazine rings is 1. The maximum Gasteiger partial charge on any atom is 0.243 e. The lowest BCUT2D eigenvalue weighted by Crippen LogP contribution is -2.49. The molecule has 7 heteroatoms. The summed E-state index contributed by atoms with van der Waals surface area (Å²) in [5.41, 5.74) is 1.08. The number of hydrogen-bond acceptors (Lipinski definition) is 4. The molecule has 1 aliphatic rings. The largest absolute Gasteiger partial charge is 0.300 e. The summed E-state index contributed by atoms with van der Waals surface area (Å²) in [7, 11) is -3.55. The monoisotopic (exact) mass is 399 g/mol. The fraction of sp³-hybridized carbons (Fsp3) is 0.286. The molecule has 0 saturated carbocycles. The van der Waals surface area contributed by atoms with Crippen molar-refractivity contribution >= 4 is 20.8 Å². The van der Waals surface area contributed by atoms with E-state index in [2.05, 4.69) is 9.88 Å². The highest BCUT2D eigenvalue weighted by Gasteiger charge is 2.29. The lowest BCUT2D eigenvalue weighted by Gasteiger charge is -2.34. The number of hydrogen-bond donors (Lipinski definition) is 0. The van der Waals surface area contributed by atoms with Gasteiger partial charge in [-0.05, 0) is 36.2 Å². The third-order valence-corrected chi connectivity index (χ3v) is 7.18. The molecule has 1 saturated heterocycles. The Bertz CT molecular complexity index is 1060. The smallest absolute Gasteiger partial charge is 0.243 e. The first-order chi connectivity index (χ1) is 13.5. The van der Waals surface area contributed by atoms with Gasteiger partial charge in [0.1, 0.15) is 5.82 Å². The van der Waals surface area contributed by atoms with Crippen LogP contribution in [0.25, 0.3) is 10.8 Å². The fourth-order valence-electron chi connectivity index (χ4n) is 3.59. The first-order valence-corrected chi connectivity index (χ1v) is 10.8. The topological polar surface area (TPSA) is 53.5 Å². The van der Waals surface area contributed by atoms with E-state index in [0.29, 0.717) is 36.5 Å². The van der Waals surface area contributed by atoms with Crippen LogP contribution in [-0.4, -0.2) is 55.3 Å². The van der Waals surface area contributed by atoms with Gasteiger partial charge in [0.25, 0.3) is 0 Å². The first-order valence-electron chi connectivity index (χ1n) is 9.34. The summed E-state index contributed by atoms with van der Waals surface area (Å²) in [6.45, 7) is 3.14. The van der Waals surface area contributed by atoms with E-state index in [0.717, 1.165) is 23.9 Å². The van der Waals surface area contributed by atoms with E-state index in [9.17, 15) is 12.8 Å². The van der Waals surface area contributed by atoms with Crippen molar-refractivity contribution in [3.63, 3.8) is 0 Å². The van der Waals surface area contributed by atoms with Crippen LogP contribution < -0.4 is 0 Å². The van der Waals surface area contributed by atoms with Gasteiger partial charge in [0.15, 0.2) is 0 Å². The Morgan fingerprint density at radius 1 is 0.964 bits per heavy atom. The van der Waals surface area contributed by atoms with Crippen LogP contribution in [0.5, 0.6) is 0 Å². The van der Waals surface area contributed by atoms with E-state index in [1.54, 1.807) is 47.0 Å². The number of rotatable bonds is 5. The SMILES string of the molecule is O=S(=O)(c1cccc2cnccc12)N1CCN(CCc2ccc(F)cc2)CC1. The number of benzene rings is 2. The molecule has 0 radical (unpaired) electrons. The van der Waals surface area contributed by atoms with Crippen LogP contribution >= 0.6 is 0 Å². The minimum atomic E-state index is -3.55. The summed E-state index contributed by atoms with van der Waals surface area (Å²) >= 11 is 0. The van der Waals surface area contributed by atoms with E-state index in [4.69, 9.17) is 0 Å². The highest BCUT2D eigenvalue weighted by Crippen LogP contribution is 2.25. The summed E-state index contributed by atoms with van der Waals surface area (Å²) in [4.78, 5) is 6.67. The van der Waals surface area contributed by atoms with Gasteiger partial charge in [0, 0.05) is 55.9 Å². The zero-order valence-electron chi connectivity index (χ0n) is 15.5. The molecule has 28 heavy (non-hydrogen) atoms. The number of fused-ring (bicyclic) bond motifs is 1.